The van der Waals surface area contributed by atoms with E-state index in [1.165, 1.54) is 35.2 Å². The number of halogens is 2. The monoisotopic (exact) mass is 591 g/mol. The number of likely N-dealkylation sites (N-methyl/N-ethyl adjacent to an activating group) is 1. The summed E-state index contributed by atoms with van der Waals surface area (Å²) in [5, 5.41) is 3.12. The topological polar surface area (TPSA) is 96.0 Å². The average Bonchev–Trinajstić information content (AvgIpc) is 2.93. The van der Waals surface area contributed by atoms with Crippen molar-refractivity contribution in [3.05, 3.63) is 88.4 Å². The number of rotatable bonds is 12. The van der Waals surface area contributed by atoms with Crippen molar-refractivity contribution in [1.29, 1.82) is 0 Å². The minimum atomic E-state index is -4.24. The Kier molecular flexibility index (Phi) is 10.6. The lowest BCUT2D eigenvalue weighted by atomic mass is 10.1. The number of nitrogens with zero attached hydrogens (tertiary/aromatic N) is 2. The zero-order valence-electron chi connectivity index (χ0n) is 21.9. The smallest absolute Gasteiger partial charge is 0.264 e. The first-order valence-corrected chi connectivity index (χ1v) is 14.5. The quantitative estimate of drug-likeness (QED) is 0.314. The number of sulfonamides is 1. The highest BCUT2D eigenvalue weighted by Crippen LogP contribution is 2.33. The molecule has 0 heterocycles. The molecule has 3 aromatic rings. The van der Waals surface area contributed by atoms with Crippen LogP contribution in [0.4, 0.5) is 5.69 Å². The van der Waals surface area contributed by atoms with E-state index in [1.807, 2.05) is 0 Å². The molecule has 0 aliphatic carbocycles. The third kappa shape index (κ3) is 7.44. The van der Waals surface area contributed by atoms with Crippen LogP contribution in [0.25, 0.3) is 0 Å². The fourth-order valence-corrected chi connectivity index (χ4v) is 5.93. The fourth-order valence-electron chi connectivity index (χ4n) is 4.05. The Balaban J connectivity index is 2.08. The average molecular weight is 593 g/mol. The van der Waals surface area contributed by atoms with Crippen LogP contribution < -0.4 is 14.4 Å². The number of ether oxygens (including phenoxy) is 1. The van der Waals surface area contributed by atoms with Gasteiger partial charge in [-0.15, -0.1) is 0 Å². The molecule has 3 rings (SSSR count). The van der Waals surface area contributed by atoms with Crippen LogP contribution in [0.1, 0.15) is 25.8 Å². The summed E-state index contributed by atoms with van der Waals surface area (Å²) >= 11 is 12.6. The van der Waals surface area contributed by atoms with Gasteiger partial charge in [0.15, 0.2) is 0 Å². The summed E-state index contributed by atoms with van der Waals surface area (Å²) in [4.78, 5) is 28.3. The molecular formula is C28H31Cl2N3O5S. The van der Waals surface area contributed by atoms with Crippen LogP contribution in [0.5, 0.6) is 5.75 Å². The Hall–Kier alpha value is -3.27. The van der Waals surface area contributed by atoms with Gasteiger partial charge in [-0.25, -0.2) is 8.42 Å². The van der Waals surface area contributed by atoms with Gasteiger partial charge in [0.1, 0.15) is 18.3 Å². The second-order valence-corrected chi connectivity index (χ2v) is 11.3. The maximum absolute atomic E-state index is 14.0. The van der Waals surface area contributed by atoms with E-state index in [0.717, 1.165) is 9.87 Å². The molecule has 39 heavy (non-hydrogen) atoms. The van der Waals surface area contributed by atoms with Crippen molar-refractivity contribution in [3.8, 4) is 5.75 Å². The zero-order chi connectivity index (χ0) is 28.6. The van der Waals surface area contributed by atoms with Gasteiger partial charge in [0, 0.05) is 18.1 Å². The van der Waals surface area contributed by atoms with E-state index in [1.54, 1.807) is 63.4 Å². The van der Waals surface area contributed by atoms with Gasteiger partial charge in [0.25, 0.3) is 10.0 Å². The van der Waals surface area contributed by atoms with Crippen molar-refractivity contribution >= 4 is 50.7 Å². The minimum Gasteiger partial charge on any atom is -0.497 e. The Bertz CT molecular complexity index is 1390. The van der Waals surface area contributed by atoms with Gasteiger partial charge in [-0.1, -0.05) is 60.5 Å². The molecule has 1 N–H and O–H groups in total. The molecule has 11 heteroatoms. The summed E-state index contributed by atoms with van der Waals surface area (Å²) in [7, 11) is -2.69. The number of methoxy groups -OCH3 is 1. The summed E-state index contributed by atoms with van der Waals surface area (Å²) in [5.74, 6) is -0.275. The summed E-state index contributed by atoms with van der Waals surface area (Å²) in [5.41, 5.74) is 0.793. The zero-order valence-corrected chi connectivity index (χ0v) is 24.3. The lowest BCUT2D eigenvalue weighted by molar-refractivity contribution is -0.140. The Morgan fingerprint density at radius 2 is 1.64 bits per heavy atom. The molecule has 1 atom stereocenters. The molecule has 0 aliphatic heterocycles. The molecular weight excluding hydrogens is 561 g/mol. The van der Waals surface area contributed by atoms with Crippen molar-refractivity contribution in [2.24, 2.45) is 0 Å². The molecule has 0 aromatic heterocycles. The van der Waals surface area contributed by atoms with E-state index in [-0.39, 0.29) is 33.1 Å². The SMILES string of the molecule is CCNC(=O)[C@H](CC)N(Cc1ccc(OC)cc1)C(=O)CN(c1cc(Cl)ccc1Cl)S(=O)(=O)c1ccccc1. The maximum Gasteiger partial charge on any atom is 0.264 e. The number of hydrogen-bond donors (Lipinski definition) is 1. The summed E-state index contributed by atoms with van der Waals surface area (Å²) in [6.07, 6.45) is 0.317. The van der Waals surface area contributed by atoms with E-state index in [0.29, 0.717) is 18.7 Å². The van der Waals surface area contributed by atoms with Gasteiger partial charge < -0.3 is 15.0 Å². The van der Waals surface area contributed by atoms with Crippen LogP contribution in [-0.2, 0) is 26.2 Å². The van der Waals surface area contributed by atoms with E-state index >= 15 is 0 Å². The normalized spacial score (nSPS) is 11.9. The third-order valence-electron chi connectivity index (χ3n) is 6.04. The van der Waals surface area contributed by atoms with E-state index in [2.05, 4.69) is 5.32 Å². The maximum atomic E-state index is 14.0. The number of benzene rings is 3. The summed E-state index contributed by atoms with van der Waals surface area (Å²) in [6.45, 7) is 3.42. The number of nitrogens with one attached hydrogen (secondary N) is 1. The molecule has 2 amide bonds. The molecule has 0 radical (unpaired) electrons. The highest BCUT2D eigenvalue weighted by atomic mass is 35.5. The Labute approximate surface area is 239 Å². The first kappa shape index (κ1) is 30.3. The predicted octanol–water partition coefficient (Wildman–Crippen LogP) is 5.14. The van der Waals surface area contributed by atoms with Crippen LogP contribution in [0, 0.1) is 0 Å². The van der Waals surface area contributed by atoms with Gasteiger partial charge in [-0.3, -0.25) is 13.9 Å². The summed E-state index contributed by atoms with van der Waals surface area (Å²) < 4.78 is 33.8. The molecule has 0 unspecified atom stereocenters. The van der Waals surface area contributed by atoms with Gasteiger partial charge in [-0.2, -0.15) is 0 Å². The Morgan fingerprint density at radius 3 is 2.23 bits per heavy atom. The van der Waals surface area contributed by atoms with Gasteiger partial charge >= 0.3 is 0 Å². The van der Waals surface area contributed by atoms with Crippen LogP contribution in [0.15, 0.2) is 77.7 Å². The molecule has 0 spiro atoms. The second-order valence-electron chi connectivity index (χ2n) is 8.61. The molecule has 0 fully saturated rings. The fraction of sp³-hybridized carbons (Fsp3) is 0.286. The highest BCUT2D eigenvalue weighted by Gasteiger charge is 2.34. The number of carbonyl (C=O) groups is 2. The molecule has 0 bridgehead atoms. The lowest BCUT2D eigenvalue weighted by Gasteiger charge is -2.33. The van der Waals surface area contributed by atoms with Crippen molar-refractivity contribution in [2.75, 3.05) is 24.5 Å². The van der Waals surface area contributed by atoms with Gasteiger partial charge in [-0.05, 0) is 61.4 Å². The summed E-state index contributed by atoms with van der Waals surface area (Å²) in [6, 6.07) is 18.4. The largest absolute Gasteiger partial charge is 0.497 e. The van der Waals surface area contributed by atoms with Gasteiger partial charge in [0.2, 0.25) is 11.8 Å². The van der Waals surface area contributed by atoms with Crippen molar-refractivity contribution < 1.29 is 22.7 Å². The first-order chi connectivity index (χ1) is 18.6. The lowest BCUT2D eigenvalue weighted by Crippen LogP contribution is -2.52. The number of amides is 2. The van der Waals surface area contributed by atoms with E-state index in [9.17, 15) is 18.0 Å². The second kappa shape index (κ2) is 13.7. The molecule has 0 saturated heterocycles. The molecule has 3 aromatic carbocycles. The van der Waals surface area contributed by atoms with Crippen LogP contribution in [-0.4, -0.2) is 51.4 Å². The predicted molar refractivity (Wildman–Crippen MR) is 154 cm³/mol. The number of carbonyl (C=O) groups excluding carboxylic acids is 2. The number of hydrogen-bond acceptors (Lipinski definition) is 5. The van der Waals surface area contributed by atoms with Crippen molar-refractivity contribution in [1.82, 2.24) is 10.2 Å². The van der Waals surface area contributed by atoms with Crippen LogP contribution >= 0.6 is 23.2 Å². The van der Waals surface area contributed by atoms with E-state index < -0.39 is 28.5 Å². The van der Waals surface area contributed by atoms with Gasteiger partial charge in [0.05, 0.1) is 22.7 Å². The highest BCUT2D eigenvalue weighted by molar-refractivity contribution is 7.92. The Morgan fingerprint density at radius 1 is 0.974 bits per heavy atom. The molecule has 0 aliphatic rings. The standard InChI is InChI=1S/C28H31Cl2N3O5S/c1-4-25(28(35)31-5-2)32(18-20-11-14-22(38-3)15-12-20)27(34)19-33(26-17-21(29)13-16-24(26)30)39(36,37)23-9-7-6-8-10-23/h6-17,25H,4-5,18-19H2,1-3H3,(H,31,35)/t25-/m0/s1. The van der Waals surface area contributed by atoms with Crippen molar-refractivity contribution in [3.63, 3.8) is 0 Å². The first-order valence-electron chi connectivity index (χ1n) is 12.3. The van der Waals surface area contributed by atoms with Crippen LogP contribution in [0.3, 0.4) is 0 Å². The van der Waals surface area contributed by atoms with Crippen molar-refractivity contribution in [2.45, 2.75) is 37.8 Å². The third-order valence-corrected chi connectivity index (χ3v) is 8.36. The van der Waals surface area contributed by atoms with E-state index in [4.69, 9.17) is 27.9 Å². The number of anilines is 1. The molecule has 208 valence electrons. The van der Waals surface area contributed by atoms with Crippen LogP contribution in [0.2, 0.25) is 10.0 Å². The molecule has 8 nitrogen and oxygen atoms in total. The molecule has 0 saturated carbocycles. The minimum absolute atomic E-state index is 0.0219.